The van der Waals surface area contributed by atoms with Crippen LogP contribution >= 0.6 is 0 Å². The topological polar surface area (TPSA) is 41.6 Å². The minimum atomic E-state index is 0.274. The summed E-state index contributed by atoms with van der Waals surface area (Å²) in [6.07, 6.45) is 7.73. The lowest BCUT2D eigenvalue weighted by Gasteiger charge is -2.20. The number of rotatable bonds is 5. The number of carbonyl (C=O) groups is 1. The number of benzene rings is 1. The van der Waals surface area contributed by atoms with E-state index >= 15 is 0 Å². The van der Waals surface area contributed by atoms with Gasteiger partial charge in [-0.05, 0) is 62.8 Å². The monoisotopic (exact) mass is 316 g/mol. The molecule has 23 heavy (non-hydrogen) atoms. The van der Waals surface area contributed by atoms with E-state index in [1.807, 2.05) is 17.0 Å². The first-order valence-electron chi connectivity index (χ1n) is 9.05. The molecule has 0 atom stereocenters. The molecule has 2 aliphatic rings. The molecule has 4 heteroatoms. The molecule has 0 radical (unpaired) electrons. The number of hydrogen-bond acceptors (Lipinski definition) is 3. The molecule has 0 unspecified atom stereocenters. The Balaban J connectivity index is 1.50. The van der Waals surface area contributed by atoms with Crippen molar-refractivity contribution in [2.45, 2.75) is 51.0 Å². The van der Waals surface area contributed by atoms with Gasteiger partial charge in [0.2, 0.25) is 5.91 Å². The van der Waals surface area contributed by atoms with Gasteiger partial charge >= 0.3 is 0 Å². The predicted molar refractivity (Wildman–Crippen MR) is 91.7 cm³/mol. The van der Waals surface area contributed by atoms with Crippen LogP contribution in [0.3, 0.4) is 0 Å². The number of amides is 1. The summed E-state index contributed by atoms with van der Waals surface area (Å²) in [5, 5.41) is 3.34. The first-order valence-corrected chi connectivity index (χ1v) is 9.05. The molecule has 126 valence electrons. The molecule has 4 nitrogen and oxygen atoms in total. The Labute approximate surface area is 139 Å². The van der Waals surface area contributed by atoms with Crippen molar-refractivity contribution in [3.05, 3.63) is 29.8 Å². The Bertz CT molecular complexity index is 504. The number of aryl methyl sites for hydroxylation is 1. The molecule has 1 aliphatic heterocycles. The lowest BCUT2D eigenvalue weighted by atomic mass is 10.1. The fourth-order valence-electron chi connectivity index (χ4n) is 3.48. The Morgan fingerprint density at radius 1 is 1.17 bits per heavy atom. The summed E-state index contributed by atoms with van der Waals surface area (Å²) in [7, 11) is 0. The van der Waals surface area contributed by atoms with E-state index in [0.29, 0.717) is 12.5 Å². The van der Waals surface area contributed by atoms with Gasteiger partial charge in [0.25, 0.3) is 0 Å². The second-order valence-electron chi connectivity index (χ2n) is 6.66. The average Bonchev–Trinajstić information content (AvgIpc) is 2.92. The number of carbonyl (C=O) groups excluding carboxylic acids is 1. The van der Waals surface area contributed by atoms with Crippen molar-refractivity contribution < 1.29 is 9.53 Å². The van der Waals surface area contributed by atoms with Crippen molar-refractivity contribution in [1.29, 1.82) is 0 Å². The van der Waals surface area contributed by atoms with E-state index in [4.69, 9.17) is 4.74 Å². The van der Waals surface area contributed by atoms with Gasteiger partial charge < -0.3 is 15.0 Å². The first-order chi connectivity index (χ1) is 11.3. The highest BCUT2D eigenvalue weighted by molar-refractivity contribution is 5.76. The van der Waals surface area contributed by atoms with E-state index < -0.39 is 0 Å². The van der Waals surface area contributed by atoms with Gasteiger partial charge in [-0.15, -0.1) is 0 Å². The van der Waals surface area contributed by atoms with E-state index in [0.717, 1.165) is 44.8 Å². The summed E-state index contributed by atoms with van der Waals surface area (Å²) in [5.74, 6) is 1.23. The van der Waals surface area contributed by atoms with Crippen molar-refractivity contribution in [1.82, 2.24) is 10.2 Å². The van der Waals surface area contributed by atoms with E-state index in [1.54, 1.807) is 0 Å². The minimum absolute atomic E-state index is 0.274. The lowest BCUT2D eigenvalue weighted by molar-refractivity contribution is -0.130. The highest BCUT2D eigenvalue weighted by Gasteiger charge is 2.17. The van der Waals surface area contributed by atoms with Crippen LogP contribution in [-0.2, 0) is 11.2 Å². The maximum absolute atomic E-state index is 12.4. The van der Waals surface area contributed by atoms with Crippen LogP contribution in [0.25, 0.3) is 0 Å². The smallest absolute Gasteiger partial charge is 0.222 e. The van der Waals surface area contributed by atoms with Gasteiger partial charge in [-0.25, -0.2) is 0 Å². The number of hydrogen-bond donors (Lipinski definition) is 1. The molecule has 3 rings (SSSR count). The molecule has 1 amide bonds. The van der Waals surface area contributed by atoms with Gasteiger partial charge in [0.15, 0.2) is 0 Å². The molecular formula is C19H28N2O2. The highest BCUT2D eigenvalue weighted by Crippen LogP contribution is 2.24. The van der Waals surface area contributed by atoms with Crippen LogP contribution in [-0.4, -0.2) is 43.1 Å². The zero-order valence-corrected chi connectivity index (χ0v) is 13.9. The molecule has 0 spiro atoms. The number of nitrogens with zero attached hydrogens (tertiary/aromatic N) is 1. The minimum Gasteiger partial charge on any atom is -0.490 e. The molecule has 1 heterocycles. The van der Waals surface area contributed by atoms with Crippen LogP contribution < -0.4 is 10.1 Å². The van der Waals surface area contributed by atoms with Gasteiger partial charge in [-0.3, -0.25) is 4.79 Å². The normalized spacial score (nSPS) is 19.6. The SMILES string of the molecule is O=C(CCc1cccc(OC2CCCC2)c1)N1CCCNCC1. The van der Waals surface area contributed by atoms with Crippen molar-refractivity contribution in [3.8, 4) is 5.75 Å². The van der Waals surface area contributed by atoms with Crippen LogP contribution in [0.2, 0.25) is 0 Å². The third-order valence-corrected chi connectivity index (χ3v) is 4.82. The maximum Gasteiger partial charge on any atom is 0.222 e. The molecule has 1 aliphatic carbocycles. The largest absolute Gasteiger partial charge is 0.490 e. The summed E-state index contributed by atoms with van der Waals surface area (Å²) >= 11 is 0. The van der Waals surface area contributed by atoms with E-state index in [-0.39, 0.29) is 5.91 Å². The summed E-state index contributed by atoms with van der Waals surface area (Å²) in [5.41, 5.74) is 1.20. The summed E-state index contributed by atoms with van der Waals surface area (Å²) in [6, 6.07) is 8.28. The third kappa shape index (κ3) is 4.96. The molecule has 1 aromatic carbocycles. The Kier molecular flexibility index (Phi) is 5.92. The fraction of sp³-hybridized carbons (Fsp3) is 0.632. The maximum atomic E-state index is 12.4. The van der Waals surface area contributed by atoms with E-state index in [1.165, 1.54) is 31.2 Å². The molecule has 2 fully saturated rings. The van der Waals surface area contributed by atoms with Gasteiger partial charge in [0, 0.05) is 26.1 Å². The van der Waals surface area contributed by atoms with E-state index in [9.17, 15) is 4.79 Å². The van der Waals surface area contributed by atoms with Gasteiger partial charge in [-0.2, -0.15) is 0 Å². The predicted octanol–water partition coefficient (Wildman–Crippen LogP) is 2.76. The molecule has 1 N–H and O–H groups in total. The summed E-state index contributed by atoms with van der Waals surface area (Å²) < 4.78 is 6.05. The lowest BCUT2D eigenvalue weighted by Crippen LogP contribution is -2.34. The Morgan fingerprint density at radius 3 is 2.91 bits per heavy atom. The van der Waals surface area contributed by atoms with Gasteiger partial charge in [0.1, 0.15) is 5.75 Å². The highest BCUT2D eigenvalue weighted by atomic mass is 16.5. The first kappa shape index (κ1) is 16.3. The number of nitrogens with one attached hydrogen (secondary N) is 1. The molecule has 0 aromatic heterocycles. The second-order valence-corrected chi connectivity index (χ2v) is 6.66. The fourth-order valence-corrected chi connectivity index (χ4v) is 3.48. The van der Waals surface area contributed by atoms with Crippen molar-refractivity contribution >= 4 is 5.91 Å². The van der Waals surface area contributed by atoms with Crippen LogP contribution in [0.15, 0.2) is 24.3 Å². The zero-order valence-electron chi connectivity index (χ0n) is 13.9. The van der Waals surface area contributed by atoms with Gasteiger partial charge in [0.05, 0.1) is 6.10 Å². The van der Waals surface area contributed by atoms with Gasteiger partial charge in [-0.1, -0.05) is 12.1 Å². The summed E-state index contributed by atoms with van der Waals surface area (Å²) in [6.45, 7) is 3.65. The molecule has 1 saturated carbocycles. The van der Waals surface area contributed by atoms with E-state index in [2.05, 4.69) is 17.4 Å². The molecular weight excluding hydrogens is 288 g/mol. The molecule has 1 aromatic rings. The van der Waals surface area contributed by atoms with Crippen LogP contribution in [0.1, 0.15) is 44.1 Å². The quantitative estimate of drug-likeness (QED) is 0.908. The van der Waals surface area contributed by atoms with Crippen LogP contribution in [0.4, 0.5) is 0 Å². The van der Waals surface area contributed by atoms with Crippen molar-refractivity contribution in [2.24, 2.45) is 0 Å². The van der Waals surface area contributed by atoms with Crippen molar-refractivity contribution in [3.63, 3.8) is 0 Å². The van der Waals surface area contributed by atoms with Crippen molar-refractivity contribution in [2.75, 3.05) is 26.2 Å². The molecule has 1 saturated heterocycles. The van der Waals surface area contributed by atoms with Crippen LogP contribution in [0.5, 0.6) is 5.75 Å². The van der Waals surface area contributed by atoms with Crippen LogP contribution in [0, 0.1) is 0 Å². The average molecular weight is 316 g/mol. The molecule has 0 bridgehead atoms. The summed E-state index contributed by atoms with van der Waals surface area (Å²) in [4.78, 5) is 14.4. The number of ether oxygens (including phenoxy) is 1. The zero-order chi connectivity index (χ0) is 15.9. The standard InChI is InChI=1S/C19H28N2O2/c22-19(21-13-4-11-20-12-14-21)10-9-16-5-3-8-18(15-16)23-17-6-1-2-7-17/h3,5,8,15,17,20H,1-2,4,6-7,9-14H2. The Morgan fingerprint density at radius 2 is 2.04 bits per heavy atom. The second kappa shape index (κ2) is 8.34. The Hall–Kier alpha value is -1.55. The third-order valence-electron chi connectivity index (χ3n) is 4.82.